The Hall–Kier alpha value is -1.94. The molecule has 2 aromatic heterocycles. The van der Waals surface area contributed by atoms with Crippen LogP contribution in [-0.2, 0) is 6.54 Å². The van der Waals surface area contributed by atoms with Crippen molar-refractivity contribution in [2.45, 2.75) is 23.5 Å². The van der Waals surface area contributed by atoms with Crippen LogP contribution in [0.3, 0.4) is 0 Å². The molecule has 0 spiro atoms. The minimum atomic E-state index is -1.77. The van der Waals surface area contributed by atoms with E-state index in [0.29, 0.717) is 21.6 Å². The average Bonchev–Trinajstić information content (AvgIpc) is 2.58. The SMILES string of the molecule is CCn1c(Sc2c(F)c(F)nc(F)c2F)nc2ccc(Br)cc2c1=O. The van der Waals surface area contributed by atoms with E-state index in [0.717, 1.165) is 4.57 Å². The summed E-state index contributed by atoms with van der Waals surface area (Å²) in [6, 6.07) is 4.76. The zero-order chi connectivity index (χ0) is 18.3. The highest BCUT2D eigenvalue weighted by Gasteiger charge is 2.23. The molecule has 3 rings (SSSR count). The van der Waals surface area contributed by atoms with Crippen molar-refractivity contribution in [3.8, 4) is 0 Å². The summed E-state index contributed by atoms with van der Waals surface area (Å²) in [6.45, 7) is 1.79. The molecular formula is C15H8BrF4N3OS. The van der Waals surface area contributed by atoms with E-state index in [9.17, 15) is 22.4 Å². The van der Waals surface area contributed by atoms with Gasteiger partial charge in [0.1, 0.15) is 0 Å². The summed E-state index contributed by atoms with van der Waals surface area (Å²) in [4.78, 5) is 18.3. The predicted octanol–water partition coefficient (Wildman–Crippen LogP) is 4.28. The van der Waals surface area contributed by atoms with Gasteiger partial charge in [0.15, 0.2) is 16.8 Å². The summed E-state index contributed by atoms with van der Waals surface area (Å²) < 4.78 is 56.1. The van der Waals surface area contributed by atoms with E-state index in [1.807, 2.05) is 0 Å². The summed E-state index contributed by atoms with van der Waals surface area (Å²) >= 11 is 3.57. The Morgan fingerprint density at radius 3 is 2.36 bits per heavy atom. The highest BCUT2D eigenvalue weighted by Crippen LogP contribution is 2.32. The van der Waals surface area contributed by atoms with Gasteiger partial charge in [0.25, 0.3) is 17.5 Å². The maximum Gasteiger partial charge on any atom is 0.262 e. The van der Waals surface area contributed by atoms with Crippen molar-refractivity contribution < 1.29 is 17.6 Å². The maximum atomic E-state index is 13.8. The van der Waals surface area contributed by atoms with Gasteiger partial charge in [0.2, 0.25) is 0 Å². The molecule has 0 atom stereocenters. The van der Waals surface area contributed by atoms with Crippen LogP contribution in [0.15, 0.2) is 37.5 Å². The number of benzene rings is 1. The molecule has 0 saturated carbocycles. The molecule has 130 valence electrons. The molecule has 0 aliphatic rings. The van der Waals surface area contributed by atoms with E-state index in [4.69, 9.17) is 0 Å². The van der Waals surface area contributed by atoms with Crippen molar-refractivity contribution in [3.05, 3.63) is 56.6 Å². The van der Waals surface area contributed by atoms with Crippen molar-refractivity contribution in [1.29, 1.82) is 0 Å². The summed E-state index contributed by atoms with van der Waals surface area (Å²) in [5.74, 6) is -6.82. The van der Waals surface area contributed by atoms with Crippen molar-refractivity contribution >= 4 is 38.6 Å². The van der Waals surface area contributed by atoms with Gasteiger partial charge in [-0.25, -0.2) is 13.8 Å². The number of pyridine rings is 1. The van der Waals surface area contributed by atoms with E-state index in [2.05, 4.69) is 25.9 Å². The van der Waals surface area contributed by atoms with Crippen molar-refractivity contribution in [3.63, 3.8) is 0 Å². The first kappa shape index (κ1) is 17.9. The van der Waals surface area contributed by atoms with Gasteiger partial charge < -0.3 is 0 Å². The van der Waals surface area contributed by atoms with Gasteiger partial charge in [-0.3, -0.25) is 9.36 Å². The van der Waals surface area contributed by atoms with Crippen LogP contribution < -0.4 is 5.56 Å². The highest BCUT2D eigenvalue weighted by atomic mass is 79.9. The number of hydrogen-bond donors (Lipinski definition) is 0. The van der Waals surface area contributed by atoms with Gasteiger partial charge in [-0.2, -0.15) is 13.8 Å². The molecule has 25 heavy (non-hydrogen) atoms. The fourth-order valence-electron chi connectivity index (χ4n) is 2.18. The summed E-state index contributed by atoms with van der Waals surface area (Å²) in [7, 11) is 0. The van der Waals surface area contributed by atoms with Crippen LogP contribution in [0.5, 0.6) is 0 Å². The van der Waals surface area contributed by atoms with E-state index in [-0.39, 0.29) is 17.2 Å². The Morgan fingerprint density at radius 1 is 1.12 bits per heavy atom. The fourth-order valence-corrected chi connectivity index (χ4v) is 3.54. The van der Waals surface area contributed by atoms with E-state index >= 15 is 0 Å². The number of rotatable bonds is 3. The quantitative estimate of drug-likeness (QED) is 0.351. The summed E-state index contributed by atoms with van der Waals surface area (Å²) in [5.41, 5.74) is -0.150. The predicted molar refractivity (Wildman–Crippen MR) is 87.6 cm³/mol. The second kappa shape index (κ2) is 6.75. The minimum Gasteiger partial charge on any atom is -0.287 e. The average molecular weight is 434 g/mol. The molecule has 0 saturated heterocycles. The van der Waals surface area contributed by atoms with Gasteiger partial charge in [-0.05, 0) is 36.9 Å². The zero-order valence-electron chi connectivity index (χ0n) is 12.5. The fraction of sp³-hybridized carbons (Fsp3) is 0.133. The third-order valence-electron chi connectivity index (χ3n) is 3.35. The third-order valence-corrected chi connectivity index (χ3v) is 4.90. The monoisotopic (exact) mass is 433 g/mol. The molecule has 4 nitrogen and oxygen atoms in total. The molecule has 0 bridgehead atoms. The minimum absolute atomic E-state index is 0.0925. The standard InChI is InChI=1S/C15H8BrF4N3OS/c1-2-23-14(24)7-5-6(16)3-4-8(7)21-15(23)25-11-9(17)12(19)22-13(20)10(11)18/h3-5H,2H2,1H3. The van der Waals surface area contributed by atoms with Gasteiger partial charge in [0, 0.05) is 11.0 Å². The van der Waals surface area contributed by atoms with Crippen LogP contribution in [0.1, 0.15) is 6.92 Å². The lowest BCUT2D eigenvalue weighted by Crippen LogP contribution is -2.22. The largest absolute Gasteiger partial charge is 0.287 e. The summed E-state index contributed by atoms with van der Waals surface area (Å²) in [6.07, 6.45) is 0. The lowest BCUT2D eigenvalue weighted by atomic mass is 10.2. The molecule has 0 aliphatic heterocycles. The maximum absolute atomic E-state index is 13.8. The smallest absolute Gasteiger partial charge is 0.262 e. The zero-order valence-corrected chi connectivity index (χ0v) is 14.9. The van der Waals surface area contributed by atoms with Crippen LogP contribution >= 0.6 is 27.7 Å². The molecule has 10 heteroatoms. The normalized spacial score (nSPS) is 11.3. The van der Waals surface area contributed by atoms with Crippen molar-refractivity contribution in [2.24, 2.45) is 0 Å². The Balaban J connectivity index is 2.24. The third kappa shape index (κ3) is 3.15. The molecule has 0 amide bonds. The van der Waals surface area contributed by atoms with E-state index < -0.39 is 34.0 Å². The van der Waals surface area contributed by atoms with Crippen LogP contribution in [0.2, 0.25) is 0 Å². The number of halogens is 5. The topological polar surface area (TPSA) is 47.8 Å². The van der Waals surface area contributed by atoms with Crippen LogP contribution in [0.25, 0.3) is 10.9 Å². The Bertz CT molecular complexity index is 1030. The second-order valence-electron chi connectivity index (χ2n) is 4.86. The molecule has 0 aliphatic carbocycles. The lowest BCUT2D eigenvalue weighted by Gasteiger charge is -2.12. The molecule has 0 fully saturated rings. The van der Waals surface area contributed by atoms with E-state index in [1.165, 1.54) is 0 Å². The van der Waals surface area contributed by atoms with Crippen molar-refractivity contribution in [1.82, 2.24) is 14.5 Å². The van der Waals surface area contributed by atoms with Crippen molar-refractivity contribution in [2.75, 3.05) is 0 Å². The van der Waals surface area contributed by atoms with Gasteiger partial charge in [-0.1, -0.05) is 15.9 Å². The first-order chi connectivity index (χ1) is 11.8. The first-order valence-electron chi connectivity index (χ1n) is 6.91. The first-order valence-corrected chi connectivity index (χ1v) is 8.52. The molecule has 0 radical (unpaired) electrons. The molecule has 2 heterocycles. The number of fused-ring (bicyclic) bond motifs is 1. The number of aromatic nitrogens is 3. The molecular weight excluding hydrogens is 426 g/mol. The highest BCUT2D eigenvalue weighted by molar-refractivity contribution is 9.10. The molecule has 3 aromatic rings. The lowest BCUT2D eigenvalue weighted by molar-refractivity contribution is 0.383. The van der Waals surface area contributed by atoms with Gasteiger partial charge in [-0.15, -0.1) is 0 Å². The van der Waals surface area contributed by atoms with Gasteiger partial charge >= 0.3 is 0 Å². The van der Waals surface area contributed by atoms with Gasteiger partial charge in [0.05, 0.1) is 15.8 Å². The molecule has 1 aromatic carbocycles. The Kier molecular flexibility index (Phi) is 4.83. The van der Waals surface area contributed by atoms with E-state index in [1.54, 1.807) is 25.1 Å². The number of nitrogens with zero attached hydrogens (tertiary/aromatic N) is 3. The molecule has 0 unspecified atom stereocenters. The second-order valence-corrected chi connectivity index (χ2v) is 6.75. The van der Waals surface area contributed by atoms with Crippen LogP contribution in [-0.4, -0.2) is 14.5 Å². The Morgan fingerprint density at radius 2 is 1.76 bits per heavy atom. The Labute approximate surface area is 151 Å². The molecule has 0 N–H and O–H groups in total. The van der Waals surface area contributed by atoms with Crippen LogP contribution in [0, 0.1) is 23.5 Å². The summed E-state index contributed by atoms with van der Waals surface area (Å²) in [5, 5.41) is 0.207. The number of hydrogen-bond acceptors (Lipinski definition) is 4. The van der Waals surface area contributed by atoms with Crippen LogP contribution in [0.4, 0.5) is 17.6 Å².